The molecule has 1 atom stereocenters. The second kappa shape index (κ2) is 9.83. The molecule has 10 heteroatoms. The number of imide groups is 2. The van der Waals surface area contributed by atoms with Crippen molar-refractivity contribution < 1.29 is 33.4 Å². The summed E-state index contributed by atoms with van der Waals surface area (Å²) >= 11 is 0. The fourth-order valence-electron chi connectivity index (χ4n) is 3.41. The lowest BCUT2D eigenvalue weighted by molar-refractivity contribution is -0.136. The molecule has 0 spiro atoms. The van der Waals surface area contributed by atoms with Gasteiger partial charge in [0.05, 0.1) is 17.7 Å². The van der Waals surface area contributed by atoms with Gasteiger partial charge in [0.15, 0.2) is 0 Å². The van der Waals surface area contributed by atoms with Gasteiger partial charge in [-0.2, -0.15) is 0 Å². The molecular weight excluding hydrogens is 430 g/mol. The number of carbonyl (C=O) groups is 5. The monoisotopic (exact) mass is 455 g/mol. The summed E-state index contributed by atoms with van der Waals surface area (Å²) in [7, 11) is 0. The smallest absolute Gasteiger partial charge is 0.407 e. The number of benzene rings is 1. The first kappa shape index (κ1) is 23.9. The van der Waals surface area contributed by atoms with Crippen molar-refractivity contribution in [1.82, 2.24) is 15.5 Å². The van der Waals surface area contributed by atoms with Crippen LogP contribution in [-0.4, -0.2) is 66.0 Å². The molecule has 2 N–H and O–H groups in total. The van der Waals surface area contributed by atoms with Gasteiger partial charge in [0, 0.05) is 18.5 Å². The molecule has 2 aliphatic rings. The van der Waals surface area contributed by atoms with Crippen molar-refractivity contribution >= 4 is 29.7 Å². The lowest BCUT2D eigenvalue weighted by Crippen LogP contribution is -2.54. The van der Waals surface area contributed by atoms with Gasteiger partial charge >= 0.3 is 6.09 Å². The van der Waals surface area contributed by atoms with Crippen LogP contribution in [0.1, 0.15) is 59.9 Å². The van der Waals surface area contributed by atoms with Crippen LogP contribution in [0.25, 0.3) is 0 Å². The van der Waals surface area contributed by atoms with E-state index < -0.39 is 41.4 Å². The summed E-state index contributed by atoms with van der Waals surface area (Å²) in [6, 6.07) is 3.69. The summed E-state index contributed by atoms with van der Waals surface area (Å²) in [5.41, 5.74) is 0.0558. The van der Waals surface area contributed by atoms with Crippen LogP contribution in [0.4, 0.5) is 4.79 Å². The van der Waals surface area contributed by atoms with Crippen LogP contribution < -0.4 is 10.6 Å². The number of amides is 5. The normalized spacial score (nSPS) is 17.8. The van der Waals surface area contributed by atoms with Gasteiger partial charge < -0.3 is 14.8 Å². The predicted octanol–water partition coefficient (Wildman–Crippen LogP) is 0.981. The summed E-state index contributed by atoms with van der Waals surface area (Å²) < 4.78 is 10.5. The van der Waals surface area contributed by atoms with Crippen molar-refractivity contribution in [1.29, 1.82) is 0 Å². The average Bonchev–Trinajstić information content (AvgIpc) is 2.97. The topological polar surface area (TPSA) is 131 Å². The Kier molecular flexibility index (Phi) is 7.13. The molecule has 1 unspecified atom stereocenters. The van der Waals surface area contributed by atoms with E-state index in [9.17, 15) is 24.0 Å². The van der Waals surface area contributed by atoms with Gasteiger partial charge in [0.25, 0.3) is 11.8 Å². The van der Waals surface area contributed by atoms with Crippen molar-refractivity contribution in [3.05, 3.63) is 34.9 Å². The lowest BCUT2D eigenvalue weighted by atomic mass is 10.0. The molecule has 0 radical (unpaired) electrons. The Labute approximate surface area is 191 Å². The Morgan fingerprint density at radius 2 is 1.97 bits per heavy atom. The van der Waals surface area contributed by atoms with Gasteiger partial charge in [0.1, 0.15) is 18.2 Å². The van der Waals surface area contributed by atoms with Crippen LogP contribution in [0.5, 0.6) is 0 Å². The highest BCUT2D eigenvalue weighted by Crippen LogP contribution is 2.29. The molecule has 10 nitrogen and oxygen atoms in total. The molecular formula is C23H25N3O7. The van der Waals surface area contributed by atoms with Gasteiger partial charge in [-0.3, -0.25) is 29.4 Å². The molecule has 2 heterocycles. The van der Waals surface area contributed by atoms with E-state index >= 15 is 0 Å². The molecule has 1 fully saturated rings. The third kappa shape index (κ3) is 5.75. The molecule has 0 saturated carbocycles. The van der Waals surface area contributed by atoms with Crippen molar-refractivity contribution in [2.45, 2.75) is 45.3 Å². The number of nitrogens with zero attached hydrogens (tertiary/aromatic N) is 1. The van der Waals surface area contributed by atoms with E-state index in [1.54, 1.807) is 32.9 Å². The second-order valence-corrected chi connectivity index (χ2v) is 8.46. The highest BCUT2D eigenvalue weighted by molar-refractivity contribution is 6.24. The lowest BCUT2D eigenvalue weighted by Gasteiger charge is -2.27. The van der Waals surface area contributed by atoms with Crippen molar-refractivity contribution in [2.24, 2.45) is 0 Å². The van der Waals surface area contributed by atoms with E-state index in [1.807, 2.05) is 0 Å². The molecule has 1 saturated heterocycles. The number of nitrogens with one attached hydrogen (secondary N) is 2. The van der Waals surface area contributed by atoms with Crippen LogP contribution in [-0.2, 0) is 19.1 Å². The Morgan fingerprint density at radius 1 is 1.21 bits per heavy atom. The third-order valence-corrected chi connectivity index (χ3v) is 4.78. The minimum atomic E-state index is -1.03. The minimum Gasteiger partial charge on any atom is -0.444 e. The second-order valence-electron chi connectivity index (χ2n) is 8.46. The van der Waals surface area contributed by atoms with Crippen LogP contribution in [0.2, 0.25) is 0 Å². The van der Waals surface area contributed by atoms with Gasteiger partial charge in [-0.1, -0.05) is 17.9 Å². The number of fused-ring (bicyclic) bond motifs is 1. The fraction of sp³-hybridized carbons (Fsp3) is 0.435. The maximum absolute atomic E-state index is 13.0. The van der Waals surface area contributed by atoms with E-state index in [-0.39, 0.29) is 43.7 Å². The van der Waals surface area contributed by atoms with Gasteiger partial charge in [-0.25, -0.2) is 4.79 Å². The van der Waals surface area contributed by atoms with Crippen molar-refractivity contribution in [3.8, 4) is 11.8 Å². The number of piperidine rings is 1. The molecule has 1 aromatic carbocycles. The number of ether oxygens (including phenoxy) is 2. The summed E-state index contributed by atoms with van der Waals surface area (Å²) in [5, 5.41) is 4.72. The first-order valence-electron chi connectivity index (χ1n) is 10.5. The SMILES string of the molecule is CC(C)(C)OC(=O)NCCOCC#Cc1cccc2c1C(=O)N(C1CCC(=O)NC1=O)C2=O. The van der Waals surface area contributed by atoms with Crippen molar-refractivity contribution in [2.75, 3.05) is 19.8 Å². The largest absolute Gasteiger partial charge is 0.444 e. The third-order valence-electron chi connectivity index (χ3n) is 4.78. The van der Waals surface area contributed by atoms with E-state index in [0.29, 0.717) is 5.56 Å². The van der Waals surface area contributed by atoms with Gasteiger partial charge in [-0.05, 0) is 39.3 Å². The van der Waals surface area contributed by atoms with Crippen LogP contribution in [0.15, 0.2) is 18.2 Å². The highest BCUT2D eigenvalue weighted by Gasteiger charge is 2.45. The minimum absolute atomic E-state index is 0.0403. The summed E-state index contributed by atoms with van der Waals surface area (Å²) in [6.45, 7) is 5.79. The zero-order chi connectivity index (χ0) is 24.2. The van der Waals surface area contributed by atoms with E-state index in [2.05, 4.69) is 22.5 Å². The zero-order valence-electron chi connectivity index (χ0n) is 18.6. The Morgan fingerprint density at radius 3 is 2.67 bits per heavy atom. The number of rotatable bonds is 5. The molecule has 0 aliphatic carbocycles. The van der Waals surface area contributed by atoms with Crippen molar-refractivity contribution in [3.63, 3.8) is 0 Å². The van der Waals surface area contributed by atoms with Gasteiger partial charge in [-0.15, -0.1) is 0 Å². The molecule has 5 amide bonds. The fourth-order valence-corrected chi connectivity index (χ4v) is 3.41. The molecule has 3 rings (SSSR count). The van der Waals surface area contributed by atoms with Crippen LogP contribution in [0, 0.1) is 11.8 Å². The molecule has 1 aromatic rings. The van der Waals surface area contributed by atoms with Crippen LogP contribution in [0.3, 0.4) is 0 Å². The molecule has 0 aromatic heterocycles. The first-order chi connectivity index (χ1) is 15.6. The molecule has 2 aliphatic heterocycles. The van der Waals surface area contributed by atoms with E-state index in [0.717, 1.165) is 4.90 Å². The highest BCUT2D eigenvalue weighted by atomic mass is 16.6. The van der Waals surface area contributed by atoms with Gasteiger partial charge in [0.2, 0.25) is 11.8 Å². The summed E-state index contributed by atoms with van der Waals surface area (Å²) in [6.07, 6.45) is -0.403. The standard InChI is InChI=1S/C23H25N3O7/c1-23(2,3)33-22(31)24-11-13-32-12-5-7-14-6-4-8-15-18(14)21(30)26(20(15)29)16-9-10-17(27)25-19(16)28/h4,6,8,16H,9-13H2,1-3H3,(H,24,31)(H,25,27,28). The quantitative estimate of drug-likeness (QED) is 0.384. The first-order valence-corrected chi connectivity index (χ1v) is 10.5. The molecule has 174 valence electrons. The average molecular weight is 455 g/mol. The Bertz CT molecular complexity index is 1060. The number of hydrogen-bond acceptors (Lipinski definition) is 7. The number of alkyl carbamates (subject to hydrolysis) is 1. The Balaban J connectivity index is 1.58. The molecule has 33 heavy (non-hydrogen) atoms. The maximum atomic E-state index is 13.0. The zero-order valence-corrected chi connectivity index (χ0v) is 18.6. The number of carbonyl (C=O) groups excluding carboxylic acids is 5. The van der Waals surface area contributed by atoms with Crippen LogP contribution >= 0.6 is 0 Å². The summed E-state index contributed by atoms with van der Waals surface area (Å²) in [4.78, 5) is 61.8. The van der Waals surface area contributed by atoms with E-state index in [1.165, 1.54) is 6.07 Å². The number of hydrogen-bond donors (Lipinski definition) is 2. The predicted molar refractivity (Wildman–Crippen MR) is 115 cm³/mol. The summed E-state index contributed by atoms with van der Waals surface area (Å²) in [5.74, 6) is 3.31. The van der Waals surface area contributed by atoms with E-state index in [4.69, 9.17) is 9.47 Å². The Hall–Kier alpha value is -3.71. The maximum Gasteiger partial charge on any atom is 0.407 e. The molecule has 0 bridgehead atoms.